The fraction of sp³-hybridized carbons (Fsp3) is 0.375. The quantitative estimate of drug-likeness (QED) is 0.674. The lowest BCUT2D eigenvalue weighted by atomic mass is 10.1. The molecule has 0 saturated heterocycles. The van der Waals surface area contributed by atoms with Gasteiger partial charge in [-0.1, -0.05) is 11.6 Å². The first-order chi connectivity index (χ1) is 11.5. The summed E-state index contributed by atoms with van der Waals surface area (Å²) in [5, 5.41) is 7.88. The number of fused-ring (bicyclic) bond motifs is 1. The van der Waals surface area contributed by atoms with Gasteiger partial charge in [0.05, 0.1) is 19.0 Å². The number of halogens is 3. The van der Waals surface area contributed by atoms with Gasteiger partial charge in [0.15, 0.2) is 5.82 Å². The van der Waals surface area contributed by atoms with Gasteiger partial charge in [0.2, 0.25) is 5.28 Å². The number of hydrogen-bond donors (Lipinski definition) is 1. The van der Waals surface area contributed by atoms with Crippen molar-refractivity contribution in [3.8, 4) is 0 Å². The molecule has 128 valence electrons. The van der Waals surface area contributed by atoms with Crippen LogP contribution in [0.2, 0.25) is 10.4 Å². The van der Waals surface area contributed by atoms with Crippen LogP contribution in [0.4, 0.5) is 10.2 Å². The largest absolute Gasteiger partial charge is 0.467 e. The normalized spacial score (nSPS) is 12.7. The minimum atomic E-state index is -0.894. The molecule has 3 aromatic rings. The van der Waals surface area contributed by atoms with E-state index in [9.17, 15) is 4.39 Å². The molecule has 0 aliphatic heterocycles. The molecule has 0 fully saturated rings. The summed E-state index contributed by atoms with van der Waals surface area (Å²) in [5.74, 6) is 1.33. The Labute approximate surface area is 148 Å². The third kappa shape index (κ3) is 3.35. The van der Waals surface area contributed by atoms with E-state index >= 15 is 0 Å². The van der Waals surface area contributed by atoms with Crippen molar-refractivity contribution < 1.29 is 8.81 Å². The van der Waals surface area contributed by atoms with E-state index in [4.69, 9.17) is 27.6 Å². The summed E-state index contributed by atoms with van der Waals surface area (Å²) in [5.41, 5.74) is 2.51. The van der Waals surface area contributed by atoms with Crippen molar-refractivity contribution in [3.63, 3.8) is 0 Å². The molecule has 0 radical (unpaired) electrons. The van der Waals surface area contributed by atoms with Crippen LogP contribution >= 0.6 is 23.2 Å². The number of hydrogen-bond acceptors (Lipinski definition) is 4. The van der Waals surface area contributed by atoms with Gasteiger partial charge in [0, 0.05) is 0 Å². The van der Waals surface area contributed by atoms with Crippen molar-refractivity contribution in [1.29, 1.82) is 0 Å². The van der Waals surface area contributed by atoms with Crippen molar-refractivity contribution in [1.82, 2.24) is 14.6 Å². The molecule has 0 saturated carbocycles. The second-order valence-corrected chi connectivity index (χ2v) is 6.33. The van der Waals surface area contributed by atoms with Crippen LogP contribution in [0.15, 0.2) is 22.8 Å². The van der Waals surface area contributed by atoms with Crippen LogP contribution in [0.3, 0.4) is 0 Å². The number of nitrogens with one attached hydrogen (secondary N) is 1. The van der Waals surface area contributed by atoms with Gasteiger partial charge in [-0.3, -0.25) is 0 Å². The average Bonchev–Trinajstić information content (AvgIpc) is 3.12. The van der Waals surface area contributed by atoms with Crippen LogP contribution in [-0.2, 0) is 13.0 Å². The highest BCUT2D eigenvalue weighted by molar-refractivity contribution is 6.31. The Morgan fingerprint density at radius 3 is 2.88 bits per heavy atom. The van der Waals surface area contributed by atoms with E-state index in [-0.39, 0.29) is 5.28 Å². The summed E-state index contributed by atoms with van der Waals surface area (Å²) in [4.78, 5) is 4.26. The third-order valence-electron chi connectivity index (χ3n) is 3.87. The number of aromatic nitrogens is 3. The Hall–Kier alpha value is -1.79. The molecule has 0 amide bonds. The van der Waals surface area contributed by atoms with Crippen LogP contribution in [-0.4, -0.2) is 20.8 Å². The molecule has 1 unspecified atom stereocenters. The van der Waals surface area contributed by atoms with Gasteiger partial charge in [-0.25, -0.2) is 8.91 Å². The number of anilines is 1. The second kappa shape index (κ2) is 6.99. The van der Waals surface area contributed by atoms with Crippen LogP contribution in [0, 0.1) is 6.92 Å². The van der Waals surface area contributed by atoms with Crippen molar-refractivity contribution in [2.24, 2.45) is 0 Å². The van der Waals surface area contributed by atoms with E-state index in [1.54, 1.807) is 10.8 Å². The van der Waals surface area contributed by atoms with Crippen LogP contribution in [0.1, 0.15) is 30.2 Å². The number of aryl methyl sites for hydroxylation is 1. The summed E-state index contributed by atoms with van der Waals surface area (Å²) in [6.45, 7) is 3.91. The Kier molecular flexibility index (Phi) is 4.96. The van der Waals surface area contributed by atoms with Crippen LogP contribution < -0.4 is 5.32 Å². The van der Waals surface area contributed by atoms with Crippen molar-refractivity contribution in [2.45, 2.75) is 39.4 Å². The average molecular weight is 371 g/mol. The fourth-order valence-corrected chi connectivity index (χ4v) is 3.16. The molecule has 0 aliphatic rings. The van der Waals surface area contributed by atoms with Crippen molar-refractivity contribution in [2.75, 3.05) is 5.32 Å². The second-order valence-electron chi connectivity index (χ2n) is 5.64. The molecule has 8 heteroatoms. The monoisotopic (exact) mass is 370 g/mol. The van der Waals surface area contributed by atoms with Gasteiger partial charge in [-0.05, 0) is 61.5 Å². The number of nitrogens with zero attached hydrogens (tertiary/aromatic N) is 3. The molecule has 0 aromatic carbocycles. The first-order valence-electron chi connectivity index (χ1n) is 7.61. The zero-order chi connectivity index (χ0) is 17.3. The maximum atomic E-state index is 13.2. The smallest absolute Gasteiger partial charge is 0.243 e. The van der Waals surface area contributed by atoms with E-state index in [1.165, 1.54) is 6.92 Å². The summed E-state index contributed by atoms with van der Waals surface area (Å²) in [6, 6.07) is 3.67. The van der Waals surface area contributed by atoms with Gasteiger partial charge in [-0.15, -0.1) is 5.10 Å². The van der Waals surface area contributed by atoms with Gasteiger partial charge < -0.3 is 9.73 Å². The Balaban J connectivity index is 2.00. The molecule has 3 heterocycles. The molecule has 1 N–H and O–H groups in total. The van der Waals surface area contributed by atoms with Crippen LogP contribution in [0.5, 0.6) is 0 Å². The molecule has 0 bridgehead atoms. The molecule has 0 aliphatic carbocycles. The van der Waals surface area contributed by atoms with Crippen molar-refractivity contribution >= 4 is 34.5 Å². The van der Waals surface area contributed by atoms with Gasteiger partial charge in [-0.2, -0.15) is 4.98 Å². The van der Waals surface area contributed by atoms with Gasteiger partial charge >= 0.3 is 0 Å². The highest BCUT2D eigenvalue weighted by Crippen LogP contribution is 2.32. The fourth-order valence-electron chi connectivity index (χ4n) is 2.65. The Bertz CT molecular complexity index is 846. The topological polar surface area (TPSA) is 55.4 Å². The minimum Gasteiger partial charge on any atom is -0.467 e. The van der Waals surface area contributed by atoms with E-state index < -0.39 is 6.17 Å². The van der Waals surface area contributed by atoms with Gasteiger partial charge in [0.1, 0.15) is 16.4 Å². The van der Waals surface area contributed by atoms with Crippen molar-refractivity contribution in [3.05, 3.63) is 45.7 Å². The highest BCUT2D eigenvalue weighted by Gasteiger charge is 2.20. The summed E-state index contributed by atoms with van der Waals surface area (Å²) < 4.78 is 20.1. The molecule has 3 aromatic heterocycles. The predicted molar refractivity (Wildman–Crippen MR) is 92.7 cm³/mol. The standard InChI is InChI=1S/C16H17Cl2FN4O/c1-9(19)5-6-12-10(2)13-15(20-8-11-4-3-7-24-11)21-16(18)22-23(13)14(12)17/h3-4,7,9H,5-6,8H2,1-2H3,(H,20,21,22). The van der Waals surface area contributed by atoms with Gasteiger partial charge in [0.25, 0.3) is 0 Å². The minimum absolute atomic E-state index is 0.0757. The maximum absolute atomic E-state index is 13.2. The zero-order valence-corrected chi connectivity index (χ0v) is 14.8. The number of furan rings is 1. The van der Waals surface area contributed by atoms with Crippen LogP contribution in [0.25, 0.3) is 5.52 Å². The number of rotatable bonds is 6. The lowest BCUT2D eigenvalue weighted by Crippen LogP contribution is -2.05. The molecule has 5 nitrogen and oxygen atoms in total. The molecular weight excluding hydrogens is 354 g/mol. The summed E-state index contributed by atoms with van der Waals surface area (Å²) in [6.07, 6.45) is 1.64. The zero-order valence-electron chi connectivity index (χ0n) is 13.3. The molecule has 3 rings (SSSR count). The predicted octanol–water partition coefficient (Wildman–Crippen LogP) is 4.84. The van der Waals surface area contributed by atoms with E-state index in [2.05, 4.69) is 15.4 Å². The first kappa shape index (κ1) is 17.0. The van der Waals surface area contributed by atoms with E-state index in [0.29, 0.717) is 30.4 Å². The SMILES string of the molecule is Cc1c(CCC(C)F)c(Cl)n2nc(Cl)nc(NCc3ccco3)c12. The van der Waals surface area contributed by atoms with E-state index in [1.807, 2.05) is 19.1 Å². The summed E-state index contributed by atoms with van der Waals surface area (Å²) >= 11 is 12.5. The van der Waals surface area contributed by atoms with E-state index in [0.717, 1.165) is 22.4 Å². The molecular formula is C16H17Cl2FN4O. The summed E-state index contributed by atoms with van der Waals surface area (Å²) in [7, 11) is 0. The highest BCUT2D eigenvalue weighted by atomic mass is 35.5. The molecule has 24 heavy (non-hydrogen) atoms. The Morgan fingerprint density at radius 1 is 1.42 bits per heavy atom. The lowest BCUT2D eigenvalue weighted by molar-refractivity contribution is 0.341. The number of alkyl halides is 1. The first-order valence-corrected chi connectivity index (χ1v) is 8.36. The molecule has 0 spiro atoms. The third-order valence-corrected chi connectivity index (χ3v) is 4.42. The Morgan fingerprint density at radius 2 is 2.21 bits per heavy atom. The molecule has 1 atom stereocenters. The lowest BCUT2D eigenvalue weighted by Gasteiger charge is -2.07. The maximum Gasteiger partial charge on any atom is 0.243 e.